The molecule has 0 radical (unpaired) electrons. The van der Waals surface area contributed by atoms with Crippen LogP contribution in [0.1, 0.15) is 5.56 Å². The van der Waals surface area contributed by atoms with Gasteiger partial charge in [0.15, 0.2) is 0 Å². The fourth-order valence-electron chi connectivity index (χ4n) is 1.50. The first-order chi connectivity index (χ1) is 8.88. The van der Waals surface area contributed by atoms with Crippen LogP contribution in [0.15, 0.2) is 18.2 Å². The molecule has 0 bridgehead atoms. The van der Waals surface area contributed by atoms with E-state index >= 15 is 0 Å². The number of nitrogens with zero attached hydrogens (tertiary/aromatic N) is 2. The molecule has 104 valence electrons. The quantitative estimate of drug-likeness (QED) is 0.261. The smallest absolute Gasteiger partial charge is 0.333 e. The Morgan fingerprint density at radius 3 is 2.16 bits per heavy atom. The maximum Gasteiger partial charge on any atom is 0.333 e. The predicted octanol–water partition coefficient (Wildman–Crippen LogP) is -1.26. The average molecular weight is 268 g/mol. The minimum Gasteiger partial charge on any atom is -0.396 e. The van der Waals surface area contributed by atoms with Crippen molar-refractivity contribution in [1.29, 1.82) is 0 Å². The number of hydrazine groups is 2. The zero-order valence-corrected chi connectivity index (χ0v) is 10.1. The Morgan fingerprint density at radius 2 is 1.68 bits per heavy atom. The van der Waals surface area contributed by atoms with Crippen molar-refractivity contribution in [1.82, 2.24) is 0 Å². The van der Waals surface area contributed by atoms with Crippen LogP contribution in [0.5, 0.6) is 0 Å². The Balaban J connectivity index is 3.25. The van der Waals surface area contributed by atoms with E-state index in [-0.39, 0.29) is 24.4 Å². The summed E-state index contributed by atoms with van der Waals surface area (Å²) in [5.41, 5.74) is 11.2. The largest absolute Gasteiger partial charge is 0.396 e. The normalized spacial score (nSPS) is 10.1. The second-order valence-electron chi connectivity index (χ2n) is 3.70. The van der Waals surface area contributed by atoms with Crippen LogP contribution in [0.4, 0.5) is 21.0 Å². The van der Waals surface area contributed by atoms with E-state index in [0.717, 1.165) is 0 Å². The molecule has 4 amide bonds. The van der Waals surface area contributed by atoms with E-state index in [4.69, 9.17) is 28.3 Å². The number of hydrogen-bond donors (Lipinski definition) is 5. The third-order valence-corrected chi connectivity index (χ3v) is 2.46. The maximum absolute atomic E-state index is 11.1. The SMILES string of the molecule is NC(=O)N(N)c1ccc(CCO)c(N(N)C(N)=O)c1. The minimum atomic E-state index is -0.890. The summed E-state index contributed by atoms with van der Waals surface area (Å²) in [4.78, 5) is 22.1. The lowest BCUT2D eigenvalue weighted by atomic mass is 10.1. The third-order valence-electron chi connectivity index (χ3n) is 2.46. The Morgan fingerprint density at radius 1 is 1.11 bits per heavy atom. The monoisotopic (exact) mass is 268 g/mol. The molecule has 0 saturated heterocycles. The van der Waals surface area contributed by atoms with Gasteiger partial charge in [0.2, 0.25) is 0 Å². The molecule has 0 atom stereocenters. The fraction of sp³-hybridized carbons (Fsp3) is 0.200. The summed E-state index contributed by atoms with van der Waals surface area (Å²) < 4.78 is 0. The molecule has 9 nitrogen and oxygen atoms in total. The van der Waals surface area contributed by atoms with E-state index in [1.807, 2.05) is 0 Å². The lowest BCUT2D eigenvalue weighted by molar-refractivity contribution is 0.253. The number of hydrogen-bond acceptors (Lipinski definition) is 5. The molecule has 0 spiro atoms. The van der Waals surface area contributed by atoms with Crippen LogP contribution >= 0.6 is 0 Å². The molecule has 0 aliphatic rings. The number of carbonyl (C=O) groups is 2. The number of anilines is 2. The topological polar surface area (TPSA) is 165 Å². The summed E-state index contributed by atoms with van der Waals surface area (Å²) in [5.74, 6) is 11.0. The second kappa shape index (κ2) is 6.00. The van der Waals surface area contributed by atoms with Gasteiger partial charge in [-0.15, -0.1) is 0 Å². The molecule has 0 aromatic heterocycles. The minimum absolute atomic E-state index is 0.138. The molecule has 1 aromatic rings. The van der Waals surface area contributed by atoms with Crippen molar-refractivity contribution in [3.63, 3.8) is 0 Å². The molecule has 0 aliphatic heterocycles. The summed E-state index contributed by atoms with van der Waals surface area (Å²) in [6, 6.07) is 2.68. The van der Waals surface area contributed by atoms with Gasteiger partial charge in [-0.3, -0.25) is 0 Å². The zero-order valence-electron chi connectivity index (χ0n) is 10.1. The van der Waals surface area contributed by atoms with Gasteiger partial charge in [0.1, 0.15) is 0 Å². The van der Waals surface area contributed by atoms with Crippen LogP contribution in [0.2, 0.25) is 0 Å². The number of urea groups is 2. The molecular weight excluding hydrogens is 252 g/mol. The molecule has 0 unspecified atom stereocenters. The first-order valence-electron chi connectivity index (χ1n) is 5.30. The summed E-state index contributed by atoms with van der Waals surface area (Å²) in [7, 11) is 0. The van der Waals surface area contributed by atoms with Gasteiger partial charge in [-0.1, -0.05) is 6.07 Å². The van der Waals surface area contributed by atoms with Crippen LogP contribution < -0.4 is 33.2 Å². The van der Waals surface area contributed by atoms with E-state index in [1.165, 1.54) is 12.1 Å². The van der Waals surface area contributed by atoms with E-state index in [2.05, 4.69) is 0 Å². The number of rotatable bonds is 4. The Kier molecular flexibility index (Phi) is 4.64. The van der Waals surface area contributed by atoms with Gasteiger partial charge in [-0.25, -0.2) is 31.3 Å². The summed E-state index contributed by atoms with van der Waals surface area (Å²) >= 11 is 0. The highest BCUT2D eigenvalue weighted by Crippen LogP contribution is 2.25. The van der Waals surface area contributed by atoms with Crippen LogP contribution in [-0.2, 0) is 6.42 Å². The second-order valence-corrected chi connectivity index (χ2v) is 3.70. The third kappa shape index (κ3) is 3.31. The van der Waals surface area contributed by atoms with Gasteiger partial charge in [-0.05, 0) is 24.1 Å². The highest BCUT2D eigenvalue weighted by Gasteiger charge is 2.16. The molecule has 0 saturated carbocycles. The summed E-state index contributed by atoms with van der Waals surface area (Å²) in [6.07, 6.45) is 0.262. The van der Waals surface area contributed by atoms with E-state index in [0.29, 0.717) is 15.6 Å². The molecule has 0 fully saturated rings. The van der Waals surface area contributed by atoms with Crippen molar-refractivity contribution < 1.29 is 14.7 Å². The van der Waals surface area contributed by atoms with Gasteiger partial charge in [0, 0.05) is 6.61 Å². The summed E-state index contributed by atoms with van der Waals surface area (Å²) in [5, 5.41) is 10.3. The highest BCUT2D eigenvalue weighted by atomic mass is 16.3. The van der Waals surface area contributed by atoms with Gasteiger partial charge < -0.3 is 16.6 Å². The van der Waals surface area contributed by atoms with E-state index in [1.54, 1.807) is 6.07 Å². The average Bonchev–Trinajstić information content (AvgIpc) is 2.37. The number of aliphatic hydroxyl groups is 1. The van der Waals surface area contributed by atoms with E-state index < -0.39 is 12.1 Å². The number of amides is 4. The Hall–Kier alpha value is -2.36. The van der Waals surface area contributed by atoms with Crippen molar-refractivity contribution in [3.05, 3.63) is 23.8 Å². The predicted molar refractivity (Wildman–Crippen MR) is 69.7 cm³/mol. The van der Waals surface area contributed by atoms with Gasteiger partial charge in [0.05, 0.1) is 11.4 Å². The molecule has 0 heterocycles. The Labute approximate surface area is 109 Å². The van der Waals surface area contributed by atoms with Crippen LogP contribution in [0.25, 0.3) is 0 Å². The van der Waals surface area contributed by atoms with E-state index in [9.17, 15) is 9.59 Å². The molecule has 9 heteroatoms. The maximum atomic E-state index is 11.1. The van der Waals surface area contributed by atoms with Gasteiger partial charge in [-0.2, -0.15) is 0 Å². The number of aliphatic hydroxyl groups excluding tert-OH is 1. The molecular formula is C10H16N6O3. The number of benzene rings is 1. The number of primary amides is 2. The zero-order chi connectivity index (χ0) is 14.6. The van der Waals surface area contributed by atoms with Gasteiger partial charge in [0.25, 0.3) is 0 Å². The summed E-state index contributed by atoms with van der Waals surface area (Å²) in [6.45, 7) is -0.138. The first-order valence-corrected chi connectivity index (χ1v) is 5.30. The molecule has 19 heavy (non-hydrogen) atoms. The Bertz CT molecular complexity index is 492. The fourth-order valence-corrected chi connectivity index (χ4v) is 1.50. The lowest BCUT2D eigenvalue weighted by Crippen LogP contribution is -2.43. The van der Waals surface area contributed by atoms with Crippen molar-refractivity contribution >= 4 is 23.4 Å². The first kappa shape index (κ1) is 14.7. The molecule has 9 N–H and O–H groups in total. The number of carbonyl (C=O) groups excluding carboxylic acids is 2. The van der Waals surface area contributed by atoms with Crippen molar-refractivity contribution in [2.45, 2.75) is 6.42 Å². The highest BCUT2D eigenvalue weighted by molar-refractivity contribution is 5.93. The molecule has 1 rings (SSSR count). The number of nitrogens with two attached hydrogens (primary N) is 4. The van der Waals surface area contributed by atoms with Gasteiger partial charge >= 0.3 is 12.1 Å². The molecule has 0 aliphatic carbocycles. The van der Waals surface area contributed by atoms with Crippen LogP contribution in [0, 0.1) is 0 Å². The standard InChI is InChI=1S/C10H16N6O3/c11-9(18)15(13)7-2-1-6(3-4-17)8(5-7)16(14)10(12)19/h1-2,5,17H,3-4,13-14H2,(H2,11,18)(H2,12,19). The molecule has 1 aromatic carbocycles. The van der Waals surface area contributed by atoms with Crippen molar-refractivity contribution in [2.24, 2.45) is 23.2 Å². The van der Waals surface area contributed by atoms with Crippen LogP contribution in [-0.4, -0.2) is 23.8 Å². The van der Waals surface area contributed by atoms with Crippen molar-refractivity contribution in [3.8, 4) is 0 Å². The lowest BCUT2D eigenvalue weighted by Gasteiger charge is -2.21. The van der Waals surface area contributed by atoms with Crippen molar-refractivity contribution in [2.75, 3.05) is 16.6 Å². The van der Waals surface area contributed by atoms with Crippen LogP contribution in [0.3, 0.4) is 0 Å².